The molecule has 108 valence electrons. The Balaban J connectivity index is 1.94. The Morgan fingerprint density at radius 2 is 2.20 bits per heavy atom. The summed E-state index contributed by atoms with van der Waals surface area (Å²) in [4.78, 5) is 11.5. The number of ether oxygens (including phenoxy) is 1. The zero-order valence-electron chi connectivity index (χ0n) is 11.7. The molecule has 7 heteroatoms. The molecule has 1 aromatic heterocycles. The summed E-state index contributed by atoms with van der Waals surface area (Å²) in [5, 5.41) is 10.9. The molecule has 0 bridgehead atoms. The fourth-order valence-corrected chi connectivity index (χ4v) is 2.14. The monoisotopic (exact) mass is 340 g/mol. The van der Waals surface area contributed by atoms with Crippen molar-refractivity contribution < 1.29 is 9.53 Å². The highest BCUT2D eigenvalue weighted by molar-refractivity contribution is 9.10. The molecule has 1 amide bonds. The van der Waals surface area contributed by atoms with Gasteiger partial charge in [0.15, 0.2) is 0 Å². The van der Waals surface area contributed by atoms with Crippen LogP contribution in [0.5, 0.6) is 0 Å². The largest absolute Gasteiger partial charge is 0.444 e. The van der Waals surface area contributed by atoms with Gasteiger partial charge in [-0.25, -0.2) is 9.48 Å². The first-order chi connectivity index (χ1) is 9.37. The zero-order valence-corrected chi connectivity index (χ0v) is 13.3. The number of hydrogen-bond donors (Lipinski definition) is 1. The average Bonchev–Trinajstić information content (AvgIpc) is 2.72. The first-order valence-electron chi connectivity index (χ1n) is 6.31. The van der Waals surface area contributed by atoms with Gasteiger partial charge in [-0.2, -0.15) is 0 Å². The average molecular weight is 341 g/mol. The van der Waals surface area contributed by atoms with Crippen molar-refractivity contribution in [3.05, 3.63) is 22.7 Å². The van der Waals surface area contributed by atoms with Gasteiger partial charge in [0.05, 0.1) is 12.1 Å². The molecule has 0 aliphatic rings. The molecule has 2 aromatic rings. The van der Waals surface area contributed by atoms with Crippen molar-refractivity contribution >= 4 is 33.1 Å². The molecular formula is C13H17BrN4O2. The summed E-state index contributed by atoms with van der Waals surface area (Å²) in [6, 6.07) is 5.78. The standard InChI is InChI=1S/C13H17BrN4O2/c1-13(2,3)20-12(19)15-7-8-18-10-6-4-5-9(14)11(10)16-17-18/h4-6H,7-8H2,1-3H3,(H,15,19). The summed E-state index contributed by atoms with van der Waals surface area (Å²) in [5.74, 6) is 0. The van der Waals surface area contributed by atoms with E-state index in [9.17, 15) is 4.79 Å². The van der Waals surface area contributed by atoms with Crippen molar-refractivity contribution in [1.29, 1.82) is 0 Å². The van der Waals surface area contributed by atoms with Crippen molar-refractivity contribution in [3.8, 4) is 0 Å². The van der Waals surface area contributed by atoms with Crippen LogP contribution in [-0.2, 0) is 11.3 Å². The molecule has 0 aliphatic heterocycles. The van der Waals surface area contributed by atoms with Crippen LogP contribution in [0, 0.1) is 0 Å². The minimum Gasteiger partial charge on any atom is -0.444 e. The first-order valence-corrected chi connectivity index (χ1v) is 7.11. The third-order valence-corrected chi connectivity index (χ3v) is 3.13. The highest BCUT2D eigenvalue weighted by Crippen LogP contribution is 2.20. The summed E-state index contributed by atoms with van der Waals surface area (Å²) in [6.07, 6.45) is -0.428. The van der Waals surface area contributed by atoms with Gasteiger partial charge in [0.1, 0.15) is 11.1 Å². The van der Waals surface area contributed by atoms with E-state index in [4.69, 9.17) is 4.74 Å². The number of fused-ring (bicyclic) bond motifs is 1. The van der Waals surface area contributed by atoms with Gasteiger partial charge < -0.3 is 10.1 Å². The molecule has 1 N–H and O–H groups in total. The van der Waals surface area contributed by atoms with E-state index in [0.717, 1.165) is 15.5 Å². The van der Waals surface area contributed by atoms with Gasteiger partial charge >= 0.3 is 6.09 Å². The lowest BCUT2D eigenvalue weighted by Crippen LogP contribution is -2.34. The van der Waals surface area contributed by atoms with Crippen LogP contribution < -0.4 is 5.32 Å². The fourth-order valence-electron chi connectivity index (χ4n) is 1.70. The number of aromatic nitrogens is 3. The van der Waals surface area contributed by atoms with Gasteiger partial charge in [-0.1, -0.05) is 11.3 Å². The van der Waals surface area contributed by atoms with Crippen LogP contribution in [0.3, 0.4) is 0 Å². The number of halogens is 1. The van der Waals surface area contributed by atoms with Crippen molar-refractivity contribution in [2.75, 3.05) is 6.54 Å². The number of nitrogens with one attached hydrogen (secondary N) is 1. The smallest absolute Gasteiger partial charge is 0.407 e. The first kappa shape index (κ1) is 14.8. The van der Waals surface area contributed by atoms with Gasteiger partial charge in [0.25, 0.3) is 0 Å². The summed E-state index contributed by atoms with van der Waals surface area (Å²) in [7, 11) is 0. The molecule has 2 rings (SSSR count). The second-order valence-electron chi connectivity index (χ2n) is 5.35. The Kier molecular flexibility index (Phi) is 4.27. The van der Waals surface area contributed by atoms with E-state index in [-0.39, 0.29) is 0 Å². The highest BCUT2D eigenvalue weighted by Gasteiger charge is 2.15. The van der Waals surface area contributed by atoms with E-state index in [1.165, 1.54) is 0 Å². The quantitative estimate of drug-likeness (QED) is 0.932. The lowest BCUT2D eigenvalue weighted by molar-refractivity contribution is 0.0525. The molecular weight excluding hydrogens is 324 g/mol. The molecule has 0 saturated carbocycles. The van der Waals surface area contributed by atoms with Crippen LogP contribution in [0.4, 0.5) is 4.79 Å². The van der Waals surface area contributed by atoms with E-state index in [2.05, 4.69) is 31.6 Å². The Hall–Kier alpha value is -1.63. The number of alkyl carbamates (subject to hydrolysis) is 1. The molecule has 1 aromatic carbocycles. The maximum Gasteiger partial charge on any atom is 0.407 e. The molecule has 6 nitrogen and oxygen atoms in total. The van der Waals surface area contributed by atoms with Crippen molar-refractivity contribution in [3.63, 3.8) is 0 Å². The Morgan fingerprint density at radius 1 is 1.45 bits per heavy atom. The van der Waals surface area contributed by atoms with Crippen molar-refractivity contribution in [1.82, 2.24) is 20.3 Å². The summed E-state index contributed by atoms with van der Waals surface area (Å²) >= 11 is 3.43. The maximum atomic E-state index is 11.5. The minimum atomic E-state index is -0.491. The van der Waals surface area contributed by atoms with Crippen LogP contribution in [0.1, 0.15) is 20.8 Å². The Bertz CT molecular complexity index is 618. The van der Waals surface area contributed by atoms with Gasteiger partial charge in [-0.3, -0.25) is 0 Å². The SMILES string of the molecule is CC(C)(C)OC(=O)NCCn1nnc2c(Br)cccc21. The molecule has 1 heterocycles. The van der Waals surface area contributed by atoms with Crippen molar-refractivity contribution in [2.24, 2.45) is 0 Å². The predicted octanol–water partition coefficient (Wildman–Crippen LogP) is 2.72. The van der Waals surface area contributed by atoms with Gasteiger partial charge in [-0.05, 0) is 48.8 Å². The minimum absolute atomic E-state index is 0.428. The van der Waals surface area contributed by atoms with Crippen molar-refractivity contribution in [2.45, 2.75) is 32.9 Å². The highest BCUT2D eigenvalue weighted by atomic mass is 79.9. The van der Waals surface area contributed by atoms with E-state index in [1.807, 2.05) is 39.0 Å². The number of nitrogens with zero attached hydrogens (tertiary/aromatic N) is 3. The Morgan fingerprint density at radius 3 is 2.90 bits per heavy atom. The second kappa shape index (κ2) is 5.78. The maximum absolute atomic E-state index is 11.5. The van der Waals surface area contributed by atoms with E-state index in [0.29, 0.717) is 13.1 Å². The molecule has 0 saturated heterocycles. The van der Waals surface area contributed by atoms with E-state index < -0.39 is 11.7 Å². The van der Waals surface area contributed by atoms with Gasteiger partial charge in [0.2, 0.25) is 0 Å². The number of carbonyl (C=O) groups excluding carboxylic acids is 1. The molecule has 0 fully saturated rings. The third kappa shape index (κ3) is 3.69. The molecule has 0 atom stereocenters. The van der Waals surface area contributed by atoms with Crippen LogP contribution in [-0.4, -0.2) is 33.2 Å². The number of rotatable bonds is 3. The topological polar surface area (TPSA) is 69.0 Å². The normalized spacial score (nSPS) is 11.6. The summed E-state index contributed by atoms with van der Waals surface area (Å²) in [6.45, 7) is 6.45. The van der Waals surface area contributed by atoms with Crippen LogP contribution >= 0.6 is 15.9 Å². The predicted molar refractivity (Wildman–Crippen MR) is 79.5 cm³/mol. The molecule has 0 unspecified atom stereocenters. The second-order valence-corrected chi connectivity index (χ2v) is 6.20. The lowest BCUT2D eigenvalue weighted by Gasteiger charge is -2.19. The fraction of sp³-hybridized carbons (Fsp3) is 0.462. The molecule has 20 heavy (non-hydrogen) atoms. The van der Waals surface area contributed by atoms with Crippen LogP contribution in [0.2, 0.25) is 0 Å². The summed E-state index contributed by atoms with van der Waals surface area (Å²) in [5.41, 5.74) is 1.24. The number of carbonyl (C=O) groups is 1. The Labute approximate surface area is 125 Å². The molecule has 0 radical (unpaired) electrons. The van der Waals surface area contributed by atoms with E-state index >= 15 is 0 Å². The number of benzene rings is 1. The number of amides is 1. The molecule has 0 spiro atoms. The van der Waals surface area contributed by atoms with E-state index in [1.54, 1.807) is 4.68 Å². The third-order valence-electron chi connectivity index (χ3n) is 2.49. The van der Waals surface area contributed by atoms with Gasteiger partial charge in [0, 0.05) is 11.0 Å². The molecule has 0 aliphatic carbocycles. The number of hydrogen-bond acceptors (Lipinski definition) is 4. The summed E-state index contributed by atoms with van der Waals surface area (Å²) < 4.78 is 7.81. The van der Waals surface area contributed by atoms with Gasteiger partial charge in [-0.15, -0.1) is 5.10 Å². The lowest BCUT2D eigenvalue weighted by atomic mass is 10.2. The van der Waals surface area contributed by atoms with Crippen LogP contribution in [0.15, 0.2) is 22.7 Å². The zero-order chi connectivity index (χ0) is 14.8. The van der Waals surface area contributed by atoms with Crippen LogP contribution in [0.25, 0.3) is 11.0 Å².